The molecule has 0 saturated carbocycles. The fraction of sp³-hybridized carbons (Fsp3) is 0.286. The predicted molar refractivity (Wildman–Crippen MR) is 81.0 cm³/mol. The second kappa shape index (κ2) is 6.00. The van der Waals surface area contributed by atoms with Crippen molar-refractivity contribution in [3.05, 3.63) is 36.2 Å². The van der Waals surface area contributed by atoms with E-state index in [-0.39, 0.29) is 5.75 Å². The minimum atomic E-state index is -0.843. The molecule has 20 heavy (non-hydrogen) atoms. The lowest BCUT2D eigenvalue weighted by Gasteiger charge is -2.15. The summed E-state index contributed by atoms with van der Waals surface area (Å²) in [6, 6.07) is 8.06. The van der Waals surface area contributed by atoms with Crippen LogP contribution in [0.5, 0.6) is 0 Å². The number of aromatic nitrogens is 2. The zero-order valence-corrected chi connectivity index (χ0v) is 12.5. The zero-order chi connectivity index (χ0) is 14.7. The van der Waals surface area contributed by atoms with Gasteiger partial charge in [0.25, 0.3) is 0 Å². The first-order chi connectivity index (χ1) is 9.49. The van der Waals surface area contributed by atoms with Gasteiger partial charge in [-0.15, -0.1) is 0 Å². The molecule has 0 amide bonds. The van der Waals surface area contributed by atoms with E-state index in [1.807, 2.05) is 48.7 Å². The maximum Gasteiger partial charge on any atom is 0.313 e. The molecule has 0 saturated heterocycles. The lowest BCUT2D eigenvalue weighted by Crippen LogP contribution is -2.09. The Balaban J connectivity index is 2.38. The van der Waals surface area contributed by atoms with Crippen LogP contribution in [0.3, 0.4) is 0 Å². The Morgan fingerprint density at radius 2 is 2.20 bits per heavy atom. The molecule has 1 aromatic carbocycles. The average molecular weight is 291 g/mol. The molecule has 1 N–H and O–H groups in total. The molecule has 0 unspecified atom stereocenters. The average Bonchev–Trinajstić information content (AvgIpc) is 2.77. The molecule has 6 heteroatoms. The van der Waals surface area contributed by atoms with Crippen LogP contribution < -0.4 is 4.90 Å². The SMILES string of the molecule is Cc1cnc(SCC(=O)O)n1-c1cccc(N(C)C)c1. The topological polar surface area (TPSA) is 58.4 Å². The second-order valence-corrected chi connectivity index (χ2v) is 5.56. The number of rotatable bonds is 5. The number of carboxylic acid groups (broad SMARTS) is 1. The standard InChI is InChI=1S/C14H17N3O2S/c1-10-8-15-14(20-9-13(18)19)17(10)12-6-4-5-11(7-12)16(2)3/h4-8H,9H2,1-3H3,(H,18,19). The van der Waals surface area contributed by atoms with Crippen molar-refractivity contribution in [2.75, 3.05) is 24.7 Å². The summed E-state index contributed by atoms with van der Waals surface area (Å²) in [5.41, 5.74) is 3.05. The predicted octanol–water partition coefficient (Wildman–Crippen LogP) is 2.42. The van der Waals surface area contributed by atoms with E-state index in [0.29, 0.717) is 5.16 Å². The van der Waals surface area contributed by atoms with Gasteiger partial charge < -0.3 is 10.0 Å². The molecular weight excluding hydrogens is 274 g/mol. The Bertz CT molecular complexity index is 623. The summed E-state index contributed by atoms with van der Waals surface area (Å²) in [7, 11) is 3.97. The van der Waals surface area contributed by atoms with Crippen molar-refractivity contribution in [3.8, 4) is 5.69 Å². The van der Waals surface area contributed by atoms with E-state index in [2.05, 4.69) is 11.1 Å². The Morgan fingerprint density at radius 3 is 2.85 bits per heavy atom. The summed E-state index contributed by atoms with van der Waals surface area (Å²) in [6.07, 6.45) is 1.76. The molecule has 106 valence electrons. The molecule has 0 radical (unpaired) electrons. The van der Waals surface area contributed by atoms with E-state index in [0.717, 1.165) is 17.1 Å². The first-order valence-electron chi connectivity index (χ1n) is 6.15. The first kappa shape index (κ1) is 14.5. The van der Waals surface area contributed by atoms with Gasteiger partial charge >= 0.3 is 5.97 Å². The monoisotopic (exact) mass is 291 g/mol. The molecular formula is C14H17N3O2S. The van der Waals surface area contributed by atoms with E-state index in [1.54, 1.807) is 6.20 Å². The molecule has 0 atom stereocenters. The lowest BCUT2D eigenvalue weighted by atomic mass is 10.2. The highest BCUT2D eigenvalue weighted by atomic mass is 32.2. The molecule has 0 bridgehead atoms. The highest BCUT2D eigenvalue weighted by molar-refractivity contribution is 7.99. The fourth-order valence-electron chi connectivity index (χ4n) is 1.87. The Labute approximate surface area is 122 Å². The van der Waals surface area contributed by atoms with E-state index in [9.17, 15) is 4.79 Å². The van der Waals surface area contributed by atoms with Crippen molar-refractivity contribution < 1.29 is 9.90 Å². The third-order valence-corrected chi connectivity index (χ3v) is 3.77. The van der Waals surface area contributed by atoms with Gasteiger partial charge in [0.15, 0.2) is 5.16 Å². The highest BCUT2D eigenvalue weighted by Crippen LogP contribution is 2.25. The summed E-state index contributed by atoms with van der Waals surface area (Å²) in [5, 5.41) is 9.49. The molecule has 0 aliphatic rings. The van der Waals surface area contributed by atoms with Gasteiger partial charge in [-0.05, 0) is 25.1 Å². The van der Waals surface area contributed by atoms with E-state index in [4.69, 9.17) is 5.11 Å². The van der Waals surface area contributed by atoms with Gasteiger partial charge in [0.05, 0.1) is 5.75 Å². The molecule has 0 spiro atoms. The largest absolute Gasteiger partial charge is 0.481 e. The molecule has 0 aliphatic heterocycles. The van der Waals surface area contributed by atoms with Gasteiger partial charge in [-0.2, -0.15) is 0 Å². The van der Waals surface area contributed by atoms with Crippen molar-refractivity contribution in [1.82, 2.24) is 9.55 Å². The van der Waals surface area contributed by atoms with Crippen LogP contribution in [-0.2, 0) is 4.79 Å². The van der Waals surface area contributed by atoms with Crippen LogP contribution in [0.15, 0.2) is 35.6 Å². The van der Waals surface area contributed by atoms with E-state index < -0.39 is 5.97 Å². The first-order valence-corrected chi connectivity index (χ1v) is 7.14. The van der Waals surface area contributed by atoms with Crippen molar-refractivity contribution in [2.24, 2.45) is 0 Å². The van der Waals surface area contributed by atoms with Gasteiger partial charge in [-0.3, -0.25) is 9.36 Å². The number of imidazole rings is 1. The van der Waals surface area contributed by atoms with Crippen LogP contribution in [0.1, 0.15) is 5.69 Å². The summed E-state index contributed by atoms with van der Waals surface area (Å²) in [6.45, 7) is 1.96. The third-order valence-electron chi connectivity index (χ3n) is 2.83. The maximum atomic E-state index is 10.7. The summed E-state index contributed by atoms with van der Waals surface area (Å²) in [4.78, 5) is 17.0. The van der Waals surface area contributed by atoms with Crippen LogP contribution in [0.2, 0.25) is 0 Å². The maximum absolute atomic E-state index is 10.7. The Hall–Kier alpha value is -1.95. The normalized spacial score (nSPS) is 10.6. The van der Waals surface area contributed by atoms with E-state index >= 15 is 0 Å². The third kappa shape index (κ3) is 3.14. The Kier molecular flexibility index (Phi) is 4.34. The number of benzene rings is 1. The number of aliphatic carboxylic acids is 1. The number of hydrogen-bond donors (Lipinski definition) is 1. The molecule has 2 aromatic rings. The van der Waals surface area contributed by atoms with Gasteiger partial charge in [-0.25, -0.2) is 4.98 Å². The van der Waals surface area contributed by atoms with Crippen LogP contribution in [0.25, 0.3) is 5.69 Å². The summed E-state index contributed by atoms with van der Waals surface area (Å²) in [5.74, 6) is -0.839. The van der Waals surface area contributed by atoms with Gasteiger partial charge in [0, 0.05) is 37.4 Å². The molecule has 0 aliphatic carbocycles. The second-order valence-electron chi connectivity index (χ2n) is 4.61. The van der Waals surface area contributed by atoms with Crippen molar-refractivity contribution in [2.45, 2.75) is 12.1 Å². The van der Waals surface area contributed by atoms with E-state index in [1.165, 1.54) is 11.8 Å². The number of carboxylic acids is 1. The van der Waals surface area contributed by atoms with Gasteiger partial charge in [-0.1, -0.05) is 17.8 Å². The lowest BCUT2D eigenvalue weighted by molar-refractivity contribution is -0.133. The van der Waals surface area contributed by atoms with Crippen LogP contribution in [0.4, 0.5) is 5.69 Å². The van der Waals surface area contributed by atoms with Crippen molar-refractivity contribution in [1.29, 1.82) is 0 Å². The number of aryl methyl sites for hydroxylation is 1. The number of nitrogens with zero attached hydrogens (tertiary/aromatic N) is 3. The molecule has 1 aromatic heterocycles. The summed E-state index contributed by atoms with van der Waals surface area (Å²) >= 11 is 1.22. The zero-order valence-electron chi connectivity index (χ0n) is 11.7. The number of thioether (sulfide) groups is 1. The Morgan fingerprint density at radius 1 is 1.45 bits per heavy atom. The highest BCUT2D eigenvalue weighted by Gasteiger charge is 2.12. The number of anilines is 1. The quantitative estimate of drug-likeness (QED) is 0.857. The molecule has 2 rings (SSSR count). The fourth-order valence-corrected chi connectivity index (χ4v) is 2.63. The number of carbonyl (C=O) groups is 1. The molecule has 0 fully saturated rings. The van der Waals surface area contributed by atoms with Gasteiger partial charge in [0.1, 0.15) is 0 Å². The van der Waals surface area contributed by atoms with Crippen LogP contribution >= 0.6 is 11.8 Å². The number of hydrogen-bond acceptors (Lipinski definition) is 4. The van der Waals surface area contributed by atoms with Gasteiger partial charge in [0.2, 0.25) is 0 Å². The molecule has 5 nitrogen and oxygen atoms in total. The van der Waals surface area contributed by atoms with Crippen LogP contribution in [-0.4, -0.2) is 40.5 Å². The minimum Gasteiger partial charge on any atom is -0.481 e. The van der Waals surface area contributed by atoms with Crippen LogP contribution in [0, 0.1) is 6.92 Å². The van der Waals surface area contributed by atoms with Crippen molar-refractivity contribution >= 4 is 23.4 Å². The van der Waals surface area contributed by atoms with Crippen molar-refractivity contribution in [3.63, 3.8) is 0 Å². The smallest absolute Gasteiger partial charge is 0.313 e. The minimum absolute atomic E-state index is 0.00379. The summed E-state index contributed by atoms with van der Waals surface area (Å²) < 4.78 is 1.97. The molecule has 1 heterocycles.